The Morgan fingerprint density at radius 1 is 1.08 bits per heavy atom. The van der Waals surface area contributed by atoms with E-state index >= 15 is 0 Å². The molecular formula is C22H29N3O. The number of nitrogens with one attached hydrogen (secondary N) is 1. The largest absolute Gasteiger partial charge is 0.371 e. The molecule has 3 rings (SSSR count). The summed E-state index contributed by atoms with van der Waals surface area (Å²) in [5.74, 6) is 0.0218. The highest BCUT2D eigenvalue weighted by Gasteiger charge is 2.16. The Hall–Kier alpha value is -2.33. The van der Waals surface area contributed by atoms with Crippen molar-refractivity contribution >= 4 is 17.3 Å². The number of para-hydroxylation sites is 1. The summed E-state index contributed by atoms with van der Waals surface area (Å²) < 4.78 is 0. The molecule has 1 amide bonds. The molecule has 1 aliphatic heterocycles. The molecular weight excluding hydrogens is 322 g/mol. The number of carbonyl (C=O) groups excluding carboxylic acids is 1. The fourth-order valence-corrected chi connectivity index (χ4v) is 3.60. The lowest BCUT2D eigenvalue weighted by Crippen LogP contribution is -2.33. The van der Waals surface area contributed by atoms with Crippen molar-refractivity contribution in [1.29, 1.82) is 0 Å². The number of amides is 1. The van der Waals surface area contributed by atoms with Gasteiger partial charge in [0.15, 0.2) is 0 Å². The van der Waals surface area contributed by atoms with E-state index in [4.69, 9.17) is 0 Å². The van der Waals surface area contributed by atoms with E-state index < -0.39 is 0 Å². The highest BCUT2D eigenvalue weighted by atomic mass is 16.2. The van der Waals surface area contributed by atoms with Crippen LogP contribution in [0.5, 0.6) is 0 Å². The Labute approximate surface area is 156 Å². The lowest BCUT2D eigenvalue weighted by Gasteiger charge is -2.31. The number of carbonyl (C=O) groups is 1. The van der Waals surface area contributed by atoms with Crippen LogP contribution >= 0.6 is 0 Å². The first-order valence-electron chi connectivity index (χ1n) is 9.50. The molecule has 4 heteroatoms. The SMILES string of the molecule is Cc1cccc(NC(=O)CN(C)Cc2ccccc2N2CCCCC2)c1. The lowest BCUT2D eigenvalue weighted by molar-refractivity contribution is -0.117. The highest BCUT2D eigenvalue weighted by molar-refractivity contribution is 5.92. The molecule has 138 valence electrons. The second-order valence-corrected chi connectivity index (χ2v) is 7.27. The summed E-state index contributed by atoms with van der Waals surface area (Å²) in [6.07, 6.45) is 3.86. The Balaban J connectivity index is 1.59. The molecule has 1 fully saturated rings. The van der Waals surface area contributed by atoms with Crippen LogP contribution in [0.3, 0.4) is 0 Å². The molecule has 0 radical (unpaired) electrons. The van der Waals surface area contributed by atoms with E-state index in [0.717, 1.165) is 30.9 Å². The number of anilines is 2. The van der Waals surface area contributed by atoms with E-state index in [-0.39, 0.29) is 5.91 Å². The van der Waals surface area contributed by atoms with Crippen LogP contribution in [0.2, 0.25) is 0 Å². The van der Waals surface area contributed by atoms with Crippen LogP contribution in [0.25, 0.3) is 0 Å². The van der Waals surface area contributed by atoms with Gasteiger partial charge in [-0.2, -0.15) is 0 Å². The van der Waals surface area contributed by atoms with Crippen LogP contribution in [-0.2, 0) is 11.3 Å². The van der Waals surface area contributed by atoms with Crippen LogP contribution in [-0.4, -0.2) is 37.5 Å². The lowest BCUT2D eigenvalue weighted by atomic mass is 10.1. The zero-order valence-electron chi connectivity index (χ0n) is 15.9. The molecule has 0 saturated carbocycles. The van der Waals surface area contributed by atoms with E-state index in [1.165, 1.54) is 30.5 Å². The van der Waals surface area contributed by atoms with Crippen LogP contribution in [0, 0.1) is 6.92 Å². The van der Waals surface area contributed by atoms with Gasteiger partial charge >= 0.3 is 0 Å². The first-order valence-corrected chi connectivity index (χ1v) is 9.50. The van der Waals surface area contributed by atoms with Gasteiger partial charge in [0.25, 0.3) is 0 Å². The summed E-state index contributed by atoms with van der Waals surface area (Å²) in [7, 11) is 2.00. The maximum absolute atomic E-state index is 12.3. The van der Waals surface area contributed by atoms with E-state index in [2.05, 4.69) is 39.4 Å². The smallest absolute Gasteiger partial charge is 0.238 e. The molecule has 0 aliphatic carbocycles. The highest BCUT2D eigenvalue weighted by Crippen LogP contribution is 2.25. The quantitative estimate of drug-likeness (QED) is 0.853. The third kappa shape index (κ3) is 5.09. The maximum atomic E-state index is 12.3. The molecule has 1 aliphatic rings. The third-order valence-electron chi connectivity index (χ3n) is 4.84. The first-order chi connectivity index (χ1) is 12.6. The predicted octanol–water partition coefficient (Wildman–Crippen LogP) is 4.06. The van der Waals surface area contributed by atoms with Crippen molar-refractivity contribution in [3.05, 3.63) is 59.7 Å². The van der Waals surface area contributed by atoms with E-state index in [1.807, 2.05) is 38.2 Å². The minimum Gasteiger partial charge on any atom is -0.371 e. The van der Waals surface area contributed by atoms with Gasteiger partial charge in [-0.3, -0.25) is 9.69 Å². The van der Waals surface area contributed by atoms with Gasteiger partial charge in [-0.25, -0.2) is 0 Å². The Morgan fingerprint density at radius 2 is 1.85 bits per heavy atom. The van der Waals surface area contributed by atoms with Gasteiger partial charge in [0.1, 0.15) is 0 Å². The standard InChI is InChI=1S/C22H29N3O/c1-18-9-8-11-20(15-18)23-22(26)17-24(2)16-19-10-4-5-12-21(19)25-13-6-3-7-14-25/h4-5,8-12,15H,3,6-7,13-14,16-17H2,1-2H3,(H,23,26). The molecule has 0 unspecified atom stereocenters. The number of hydrogen-bond acceptors (Lipinski definition) is 3. The van der Waals surface area contributed by atoms with E-state index in [9.17, 15) is 4.79 Å². The molecule has 1 heterocycles. The number of nitrogens with zero attached hydrogens (tertiary/aromatic N) is 2. The third-order valence-corrected chi connectivity index (χ3v) is 4.84. The zero-order chi connectivity index (χ0) is 18.4. The summed E-state index contributed by atoms with van der Waals surface area (Å²) in [6, 6.07) is 16.5. The van der Waals surface area contributed by atoms with Gasteiger partial charge in [0.2, 0.25) is 5.91 Å². The molecule has 1 saturated heterocycles. The second kappa shape index (κ2) is 8.86. The van der Waals surface area contributed by atoms with Gasteiger partial charge in [-0.1, -0.05) is 30.3 Å². The normalized spacial score (nSPS) is 14.5. The van der Waals surface area contributed by atoms with Crippen molar-refractivity contribution in [2.24, 2.45) is 0 Å². The maximum Gasteiger partial charge on any atom is 0.238 e. The first kappa shape index (κ1) is 18.5. The fraction of sp³-hybridized carbons (Fsp3) is 0.409. The van der Waals surface area contributed by atoms with Gasteiger partial charge in [0, 0.05) is 31.0 Å². The molecule has 26 heavy (non-hydrogen) atoms. The fourth-order valence-electron chi connectivity index (χ4n) is 3.60. The van der Waals surface area contributed by atoms with Crippen molar-refractivity contribution < 1.29 is 4.79 Å². The van der Waals surface area contributed by atoms with Gasteiger partial charge in [-0.05, 0) is 62.6 Å². The number of likely N-dealkylation sites (N-methyl/N-ethyl adjacent to an activating group) is 1. The number of piperidine rings is 1. The summed E-state index contributed by atoms with van der Waals surface area (Å²) in [5, 5.41) is 2.99. The van der Waals surface area contributed by atoms with Crippen molar-refractivity contribution in [3.8, 4) is 0 Å². The Kier molecular flexibility index (Phi) is 6.29. The Bertz CT molecular complexity index is 738. The molecule has 0 aromatic heterocycles. The second-order valence-electron chi connectivity index (χ2n) is 7.27. The van der Waals surface area contributed by atoms with Crippen molar-refractivity contribution in [2.45, 2.75) is 32.7 Å². The summed E-state index contributed by atoms with van der Waals surface area (Å²) >= 11 is 0. The minimum atomic E-state index is 0.0218. The molecule has 4 nitrogen and oxygen atoms in total. The van der Waals surface area contributed by atoms with E-state index in [0.29, 0.717) is 6.54 Å². The molecule has 0 atom stereocenters. The van der Waals surface area contributed by atoms with Gasteiger partial charge < -0.3 is 10.2 Å². The van der Waals surface area contributed by atoms with Crippen LogP contribution in [0.4, 0.5) is 11.4 Å². The summed E-state index contributed by atoms with van der Waals surface area (Å²) in [5.41, 5.74) is 4.61. The average Bonchev–Trinajstić information content (AvgIpc) is 2.62. The van der Waals surface area contributed by atoms with Gasteiger partial charge in [-0.15, -0.1) is 0 Å². The van der Waals surface area contributed by atoms with Crippen molar-refractivity contribution in [2.75, 3.05) is 36.9 Å². The van der Waals surface area contributed by atoms with Crippen molar-refractivity contribution in [1.82, 2.24) is 4.90 Å². The molecule has 1 N–H and O–H groups in total. The molecule has 0 bridgehead atoms. The predicted molar refractivity (Wildman–Crippen MR) is 109 cm³/mol. The number of hydrogen-bond donors (Lipinski definition) is 1. The topological polar surface area (TPSA) is 35.6 Å². The monoisotopic (exact) mass is 351 g/mol. The van der Waals surface area contributed by atoms with E-state index in [1.54, 1.807) is 0 Å². The summed E-state index contributed by atoms with van der Waals surface area (Å²) in [4.78, 5) is 16.9. The number of benzene rings is 2. The minimum absolute atomic E-state index is 0.0218. The molecule has 0 spiro atoms. The van der Waals surface area contributed by atoms with Crippen molar-refractivity contribution in [3.63, 3.8) is 0 Å². The van der Waals surface area contributed by atoms with Crippen LogP contribution in [0.15, 0.2) is 48.5 Å². The zero-order valence-corrected chi connectivity index (χ0v) is 15.9. The van der Waals surface area contributed by atoms with Gasteiger partial charge in [0.05, 0.1) is 6.54 Å². The van der Waals surface area contributed by atoms with Crippen LogP contribution < -0.4 is 10.2 Å². The number of rotatable bonds is 6. The Morgan fingerprint density at radius 3 is 2.62 bits per heavy atom. The molecule has 2 aromatic carbocycles. The van der Waals surface area contributed by atoms with Crippen LogP contribution in [0.1, 0.15) is 30.4 Å². The average molecular weight is 351 g/mol. The number of aryl methyl sites for hydroxylation is 1. The molecule has 2 aromatic rings. The summed E-state index contributed by atoms with van der Waals surface area (Å²) in [6.45, 7) is 5.44.